The minimum atomic E-state index is -4.14. The number of halogens is 3. The van der Waals surface area contributed by atoms with Crippen molar-refractivity contribution in [3.63, 3.8) is 0 Å². The van der Waals surface area contributed by atoms with Gasteiger partial charge >= 0.3 is 18.0 Å². The molecule has 2 aliphatic rings. The van der Waals surface area contributed by atoms with Crippen LogP contribution < -0.4 is 47.7 Å². The highest BCUT2D eigenvalue weighted by Gasteiger charge is 2.41. The molecule has 2 fully saturated rings. The molecule has 0 unspecified atom stereocenters. The van der Waals surface area contributed by atoms with E-state index in [-0.39, 0.29) is 63.0 Å². The first-order valence-electron chi connectivity index (χ1n) is 33.1. The van der Waals surface area contributed by atoms with Crippen LogP contribution in [-0.2, 0) is 96.5 Å². The number of carbonyl (C=O) groups excluding carboxylic acids is 10. The SMILES string of the molecule is Cc1ccc(S(=O)(=O)NC(N)=NCCC[C@H](NC(=O)[C@H](COCc2ccccc2)NC(=O)[C@H](COCc2ccccc2)NC(=O)[C@H](C)NC(=O)[C@@H]2CCCN2C(=O)[C@H](Cc2ccccc2)NC(=O)[C@H](CC(=O)OC2CCCCC2)NC(=O)OC(C)(C)C)C(=O)NCC(=O)OCC(Cl)(Cl)Cl)cc1. The largest absolute Gasteiger partial charge is 0.462 e. The van der Waals surface area contributed by atoms with E-state index in [2.05, 4.69) is 46.9 Å². The second kappa shape index (κ2) is 40.1. The lowest BCUT2D eigenvalue weighted by Gasteiger charge is -2.31. The van der Waals surface area contributed by atoms with Crippen LogP contribution in [-0.4, -0.2) is 176 Å². The van der Waals surface area contributed by atoms with Gasteiger partial charge in [0.2, 0.25) is 51.1 Å². The van der Waals surface area contributed by atoms with Crippen LogP contribution in [0.1, 0.15) is 114 Å². The Morgan fingerprint density at radius 3 is 1.72 bits per heavy atom. The first-order chi connectivity index (χ1) is 47.9. The van der Waals surface area contributed by atoms with Crippen LogP contribution in [0.3, 0.4) is 0 Å². The highest BCUT2D eigenvalue weighted by Crippen LogP contribution is 2.26. The zero-order chi connectivity index (χ0) is 73.7. The molecule has 7 atom stereocenters. The second-order valence-corrected chi connectivity index (χ2v) is 29.5. The van der Waals surface area contributed by atoms with E-state index >= 15 is 0 Å². The van der Waals surface area contributed by atoms with Gasteiger partial charge in [0.15, 0.2) is 0 Å². The van der Waals surface area contributed by atoms with Gasteiger partial charge in [0.25, 0.3) is 10.0 Å². The Morgan fingerprint density at radius 2 is 1.16 bits per heavy atom. The van der Waals surface area contributed by atoms with Gasteiger partial charge in [-0.3, -0.25) is 48.1 Å². The maximum absolute atomic E-state index is 14.9. The smallest absolute Gasteiger partial charge is 0.408 e. The van der Waals surface area contributed by atoms with Crippen LogP contribution in [0.2, 0.25) is 0 Å². The molecule has 32 heteroatoms. The fourth-order valence-electron chi connectivity index (χ4n) is 10.6. The van der Waals surface area contributed by atoms with E-state index in [1.165, 1.54) is 24.0 Å². The van der Waals surface area contributed by atoms with E-state index in [9.17, 15) is 56.4 Å². The number of nitrogens with one attached hydrogen (secondary N) is 8. The van der Waals surface area contributed by atoms with Crippen molar-refractivity contribution in [2.24, 2.45) is 10.7 Å². The third kappa shape index (κ3) is 29.5. The van der Waals surface area contributed by atoms with Gasteiger partial charge in [-0.05, 0) is 115 Å². The Hall–Kier alpha value is -8.61. The molecule has 0 aromatic heterocycles. The fourth-order valence-corrected chi connectivity index (χ4v) is 11.7. The number of hydrogen-bond acceptors (Lipinski definition) is 18. The number of hydrogen-bond donors (Lipinski definition) is 9. The van der Waals surface area contributed by atoms with E-state index in [1.807, 2.05) is 0 Å². The van der Waals surface area contributed by atoms with E-state index in [0.29, 0.717) is 36.0 Å². The molecule has 0 radical (unpaired) electrons. The molecule has 550 valence electrons. The number of guanidine groups is 1. The number of likely N-dealkylation sites (tertiary alicyclic amines) is 1. The number of alkyl halides is 3. The van der Waals surface area contributed by atoms with Gasteiger partial charge in [-0.1, -0.05) is 150 Å². The van der Waals surface area contributed by atoms with Crippen LogP contribution in [0.5, 0.6) is 0 Å². The molecule has 101 heavy (non-hydrogen) atoms. The molecule has 6 rings (SSSR count). The Balaban J connectivity index is 1.20. The summed E-state index contributed by atoms with van der Waals surface area (Å²) in [5.41, 5.74) is 7.80. The molecule has 1 heterocycles. The summed E-state index contributed by atoms with van der Waals surface area (Å²) in [6.45, 7) is 5.29. The second-order valence-electron chi connectivity index (χ2n) is 25.3. The zero-order valence-corrected chi connectivity index (χ0v) is 60.1. The summed E-state index contributed by atoms with van der Waals surface area (Å²) in [5, 5.41) is 18.0. The Morgan fingerprint density at radius 1 is 0.624 bits per heavy atom. The topological polar surface area (TPSA) is 389 Å². The van der Waals surface area contributed by atoms with Gasteiger partial charge in [-0.25, -0.2) is 17.9 Å². The summed E-state index contributed by atoms with van der Waals surface area (Å²) >= 11 is 17.2. The number of nitrogens with two attached hydrogens (primary N) is 1. The van der Waals surface area contributed by atoms with E-state index in [1.54, 1.807) is 131 Å². The average molecular weight is 1480 g/mol. The number of aryl methyl sites for hydroxylation is 1. The summed E-state index contributed by atoms with van der Waals surface area (Å²) < 4.78 is 54.3. The van der Waals surface area contributed by atoms with Crippen molar-refractivity contribution in [3.05, 3.63) is 138 Å². The number of benzene rings is 4. The van der Waals surface area contributed by atoms with Crippen LogP contribution in [0.15, 0.2) is 125 Å². The molecule has 1 aliphatic carbocycles. The molecule has 0 bridgehead atoms. The summed E-state index contributed by atoms with van der Waals surface area (Å²) in [7, 11) is -4.14. The maximum Gasteiger partial charge on any atom is 0.408 e. The number of ether oxygens (including phenoxy) is 5. The fraction of sp³-hybridized carbons (Fsp3) is 0.493. The lowest BCUT2D eigenvalue weighted by molar-refractivity contribution is -0.152. The molecule has 1 aliphatic heterocycles. The molecule has 0 spiro atoms. The van der Waals surface area contributed by atoms with Crippen molar-refractivity contribution in [1.29, 1.82) is 0 Å². The van der Waals surface area contributed by atoms with Gasteiger partial charge in [-0.15, -0.1) is 0 Å². The standard InChI is InChI=1S/C69H90Cl3N11O17S/c1-44-30-32-50(33-31-44)101(94,95)82-66(73)74-34-18-28-51(60(87)75-38-58(85)98-43-69(70,71)72)77-62(89)55(42-97-40-48-24-14-8-15-25-48)80-63(90)54(41-96-39-47-22-12-7-13-23-47)79-59(86)45(2)76-64(91)56-29-19-35-83(56)65(92)53(36-46-20-10-6-11-21-46)78-61(88)52(81-67(93)100-68(3,4)5)37-57(84)99-49-26-16-9-17-27-49/h6-8,10-15,20-25,30-33,45,49,51-56H,9,16-19,26-29,34-43H2,1-5H3,(H,75,87)(H,76,91)(H,77,89)(H,78,88)(H,79,86)(H,80,90)(H,81,93)(H3,73,74,82)/t45-,51-,52-,53-,54-,55-,56-/m0/s1. The van der Waals surface area contributed by atoms with Crippen molar-refractivity contribution >= 4 is 110 Å². The lowest BCUT2D eigenvalue weighted by Crippen LogP contribution is -2.61. The predicted octanol–water partition coefficient (Wildman–Crippen LogP) is 4.67. The average Bonchev–Trinajstić information content (AvgIpc) is 1.80. The number of esters is 2. The van der Waals surface area contributed by atoms with Crippen molar-refractivity contribution in [2.45, 2.75) is 181 Å². The third-order valence-corrected chi connectivity index (χ3v) is 17.4. The van der Waals surface area contributed by atoms with Crippen LogP contribution in [0.25, 0.3) is 0 Å². The molecule has 8 amide bonds. The number of rotatable bonds is 35. The van der Waals surface area contributed by atoms with Gasteiger partial charge < -0.3 is 71.5 Å². The van der Waals surface area contributed by atoms with E-state index in [0.717, 1.165) is 24.8 Å². The van der Waals surface area contributed by atoms with Crippen molar-refractivity contribution in [2.75, 3.05) is 39.5 Å². The number of amides is 8. The van der Waals surface area contributed by atoms with Crippen molar-refractivity contribution in [1.82, 2.24) is 46.8 Å². The van der Waals surface area contributed by atoms with Crippen LogP contribution in [0, 0.1) is 6.92 Å². The van der Waals surface area contributed by atoms with Crippen molar-refractivity contribution < 1.29 is 80.0 Å². The highest BCUT2D eigenvalue weighted by molar-refractivity contribution is 7.90. The molecular formula is C69H90Cl3N11O17S. The zero-order valence-electron chi connectivity index (χ0n) is 57.0. The van der Waals surface area contributed by atoms with Crippen LogP contribution >= 0.6 is 34.8 Å². The molecule has 10 N–H and O–H groups in total. The molecule has 28 nitrogen and oxygen atoms in total. The Bertz CT molecular complexity index is 3570. The first-order valence-corrected chi connectivity index (χ1v) is 35.7. The van der Waals surface area contributed by atoms with Gasteiger partial charge in [0.05, 0.1) is 37.7 Å². The molecule has 1 saturated heterocycles. The highest BCUT2D eigenvalue weighted by atomic mass is 35.6. The van der Waals surface area contributed by atoms with Crippen molar-refractivity contribution in [3.8, 4) is 0 Å². The molecular weight excluding hydrogens is 1390 g/mol. The van der Waals surface area contributed by atoms with Gasteiger partial charge in [0.1, 0.15) is 67.1 Å². The first kappa shape index (κ1) is 81.4. The summed E-state index contributed by atoms with van der Waals surface area (Å²) in [4.78, 5) is 146. The lowest BCUT2D eigenvalue weighted by atomic mass is 9.98. The Kier molecular flexibility index (Phi) is 32.3. The quantitative estimate of drug-likeness (QED) is 0.00754. The van der Waals surface area contributed by atoms with E-state index < -0.39 is 160 Å². The number of carbonyl (C=O) groups is 10. The number of aliphatic imine (C=N–C) groups is 1. The normalized spacial score (nSPS) is 16.1. The number of sulfonamides is 1. The Labute approximate surface area is 602 Å². The molecule has 4 aromatic rings. The minimum absolute atomic E-state index is 0.0356. The minimum Gasteiger partial charge on any atom is -0.462 e. The van der Waals surface area contributed by atoms with Crippen LogP contribution in [0.4, 0.5) is 4.79 Å². The van der Waals surface area contributed by atoms with Gasteiger partial charge in [0, 0.05) is 19.5 Å². The summed E-state index contributed by atoms with van der Waals surface area (Å²) in [6.07, 6.45) is 2.22. The monoisotopic (exact) mass is 1480 g/mol. The predicted molar refractivity (Wildman–Crippen MR) is 375 cm³/mol. The molecule has 4 aromatic carbocycles. The molecule has 1 saturated carbocycles. The maximum atomic E-state index is 14.9. The number of nitrogens with zero attached hydrogens (tertiary/aromatic N) is 2. The summed E-state index contributed by atoms with van der Waals surface area (Å²) in [6, 6.07) is 22.1. The number of alkyl carbamates (subject to hydrolysis) is 1. The van der Waals surface area contributed by atoms with Gasteiger partial charge in [-0.2, -0.15) is 0 Å². The summed E-state index contributed by atoms with van der Waals surface area (Å²) in [5.74, 6) is -8.41. The third-order valence-electron chi connectivity index (χ3n) is 15.7. The van der Waals surface area contributed by atoms with E-state index in [4.69, 9.17) is 64.2 Å².